The Balaban J connectivity index is 2.53. The van der Waals surface area contributed by atoms with Gasteiger partial charge in [0.2, 0.25) is 0 Å². The summed E-state index contributed by atoms with van der Waals surface area (Å²) in [4.78, 5) is 0. The lowest BCUT2D eigenvalue weighted by atomic mass is 9.86. The molecule has 3 nitrogen and oxygen atoms in total. The first-order valence-electron chi connectivity index (χ1n) is 5.05. The van der Waals surface area contributed by atoms with Crippen LogP contribution in [0.1, 0.15) is 26.7 Å². The Morgan fingerprint density at radius 3 is 2.86 bits per heavy atom. The van der Waals surface area contributed by atoms with E-state index in [4.69, 9.17) is 10.5 Å². The molecule has 3 N–H and O–H groups in total. The van der Waals surface area contributed by atoms with Crippen molar-refractivity contribution in [1.82, 2.24) is 0 Å². The van der Waals surface area contributed by atoms with Crippen LogP contribution in [0.4, 0.5) is 0 Å². The molecule has 1 aliphatic rings. The van der Waals surface area contributed by atoms with E-state index in [1.165, 1.54) is 0 Å². The first kappa shape index (κ1) is 11.3. The Hall–Kier alpha value is -0.800. The number of allylic oxidation sites excluding steroid dienone is 1. The van der Waals surface area contributed by atoms with Crippen LogP contribution in [-0.4, -0.2) is 23.4 Å². The van der Waals surface area contributed by atoms with Crippen LogP contribution in [0.2, 0.25) is 0 Å². The van der Waals surface area contributed by atoms with Crippen molar-refractivity contribution in [2.45, 2.75) is 38.3 Å². The molecule has 0 aromatic rings. The maximum atomic E-state index is 9.27. The summed E-state index contributed by atoms with van der Waals surface area (Å²) in [5, 5.41) is 9.27. The maximum absolute atomic E-state index is 9.27. The normalized spacial score (nSPS) is 28.4. The van der Waals surface area contributed by atoms with Crippen molar-refractivity contribution in [2.75, 3.05) is 6.61 Å². The topological polar surface area (TPSA) is 55.5 Å². The molecule has 2 unspecified atom stereocenters. The van der Waals surface area contributed by atoms with Gasteiger partial charge in [-0.1, -0.05) is 6.08 Å². The van der Waals surface area contributed by atoms with E-state index in [2.05, 4.69) is 0 Å². The van der Waals surface area contributed by atoms with Gasteiger partial charge in [-0.2, -0.15) is 0 Å². The zero-order valence-corrected chi connectivity index (χ0v) is 8.86. The second kappa shape index (κ2) is 4.62. The lowest BCUT2D eigenvalue weighted by molar-refractivity contribution is 0.159. The van der Waals surface area contributed by atoms with Crippen molar-refractivity contribution < 1.29 is 9.84 Å². The fourth-order valence-electron chi connectivity index (χ4n) is 1.65. The van der Waals surface area contributed by atoms with Crippen molar-refractivity contribution in [3.63, 3.8) is 0 Å². The summed E-state index contributed by atoms with van der Waals surface area (Å²) >= 11 is 0. The molecule has 2 atom stereocenters. The summed E-state index contributed by atoms with van der Waals surface area (Å²) < 4.78 is 5.34. The third-order valence-electron chi connectivity index (χ3n) is 2.25. The Kier molecular flexibility index (Phi) is 3.72. The van der Waals surface area contributed by atoms with Gasteiger partial charge in [-0.15, -0.1) is 0 Å². The number of aliphatic hydroxyl groups is 1. The van der Waals surface area contributed by atoms with Gasteiger partial charge in [0, 0.05) is 5.54 Å². The molecule has 14 heavy (non-hydrogen) atoms. The van der Waals surface area contributed by atoms with Crippen molar-refractivity contribution in [3.8, 4) is 0 Å². The van der Waals surface area contributed by atoms with E-state index < -0.39 is 5.54 Å². The molecule has 80 valence electrons. The highest BCUT2D eigenvalue weighted by Gasteiger charge is 2.25. The second-order valence-electron chi connectivity index (χ2n) is 3.86. The minimum absolute atomic E-state index is 0.369. The van der Waals surface area contributed by atoms with Crippen molar-refractivity contribution in [3.05, 3.63) is 24.0 Å². The lowest BCUT2D eigenvalue weighted by Gasteiger charge is -2.28. The quantitative estimate of drug-likeness (QED) is 0.715. The monoisotopic (exact) mass is 197 g/mol. The number of ether oxygens (including phenoxy) is 1. The molecule has 0 aromatic heterocycles. The van der Waals surface area contributed by atoms with Crippen LogP contribution in [0, 0.1) is 0 Å². The third-order valence-corrected chi connectivity index (χ3v) is 2.25. The Bertz CT molecular complexity index is 246. The summed E-state index contributed by atoms with van der Waals surface area (Å²) in [7, 11) is 0. The van der Waals surface area contributed by atoms with E-state index in [0.717, 1.165) is 12.2 Å². The first-order valence-corrected chi connectivity index (χ1v) is 5.05. The number of hydrogen-bond donors (Lipinski definition) is 2. The summed E-state index contributed by atoms with van der Waals surface area (Å²) in [6.07, 6.45) is 6.72. The van der Waals surface area contributed by atoms with Gasteiger partial charge in [-0.05, 0) is 38.8 Å². The molecule has 0 fully saturated rings. The van der Waals surface area contributed by atoms with E-state index in [1.54, 1.807) is 6.92 Å². The van der Waals surface area contributed by atoms with Crippen LogP contribution in [0.3, 0.4) is 0 Å². The molecule has 0 bridgehead atoms. The van der Waals surface area contributed by atoms with E-state index in [1.807, 2.05) is 25.2 Å². The number of aliphatic hydroxyl groups excluding tert-OH is 1. The standard InChI is InChI=1S/C11H19NO2/c1-3-14-10-4-6-11(12,7-5-10)8-9(2)13/h4-6,9,13H,3,7-8,12H2,1-2H3. The molecule has 0 spiro atoms. The Labute approximate surface area is 85.3 Å². The van der Waals surface area contributed by atoms with E-state index >= 15 is 0 Å². The van der Waals surface area contributed by atoms with Crippen LogP contribution in [0.25, 0.3) is 0 Å². The molecule has 1 aliphatic carbocycles. The molecule has 1 rings (SSSR count). The van der Waals surface area contributed by atoms with Gasteiger partial charge >= 0.3 is 0 Å². The summed E-state index contributed by atoms with van der Waals surface area (Å²) in [6.45, 7) is 4.38. The van der Waals surface area contributed by atoms with Crippen LogP contribution < -0.4 is 5.73 Å². The van der Waals surface area contributed by atoms with Crippen LogP contribution in [0.15, 0.2) is 24.0 Å². The van der Waals surface area contributed by atoms with Crippen molar-refractivity contribution in [1.29, 1.82) is 0 Å². The minimum Gasteiger partial charge on any atom is -0.494 e. The lowest BCUT2D eigenvalue weighted by Crippen LogP contribution is -2.41. The number of rotatable bonds is 4. The zero-order chi connectivity index (χ0) is 10.6. The smallest absolute Gasteiger partial charge is 0.115 e. The fourth-order valence-corrected chi connectivity index (χ4v) is 1.65. The molecule has 0 saturated heterocycles. The molecule has 0 heterocycles. The average molecular weight is 197 g/mol. The van der Waals surface area contributed by atoms with Gasteiger partial charge in [0.25, 0.3) is 0 Å². The van der Waals surface area contributed by atoms with Gasteiger partial charge in [0.05, 0.1) is 12.7 Å². The Morgan fingerprint density at radius 2 is 2.43 bits per heavy atom. The predicted molar refractivity (Wildman–Crippen MR) is 56.7 cm³/mol. The van der Waals surface area contributed by atoms with Gasteiger partial charge in [0.15, 0.2) is 0 Å². The molecule has 0 aromatic carbocycles. The summed E-state index contributed by atoms with van der Waals surface area (Å²) in [5.41, 5.74) is 5.66. The molecule has 0 saturated carbocycles. The summed E-state index contributed by atoms with van der Waals surface area (Å²) in [6, 6.07) is 0. The highest BCUT2D eigenvalue weighted by atomic mass is 16.5. The zero-order valence-electron chi connectivity index (χ0n) is 8.86. The highest BCUT2D eigenvalue weighted by Crippen LogP contribution is 2.23. The molecule has 0 radical (unpaired) electrons. The molecule has 3 heteroatoms. The van der Waals surface area contributed by atoms with E-state index in [0.29, 0.717) is 13.0 Å². The van der Waals surface area contributed by atoms with Gasteiger partial charge in [-0.3, -0.25) is 0 Å². The number of hydrogen-bond acceptors (Lipinski definition) is 3. The van der Waals surface area contributed by atoms with E-state index in [-0.39, 0.29) is 6.10 Å². The van der Waals surface area contributed by atoms with E-state index in [9.17, 15) is 5.11 Å². The fraction of sp³-hybridized carbons (Fsp3) is 0.636. The third kappa shape index (κ3) is 3.16. The van der Waals surface area contributed by atoms with Gasteiger partial charge in [0.1, 0.15) is 5.76 Å². The largest absolute Gasteiger partial charge is 0.494 e. The van der Waals surface area contributed by atoms with Crippen LogP contribution >= 0.6 is 0 Å². The average Bonchev–Trinajstić information content (AvgIpc) is 2.08. The molecule has 0 aliphatic heterocycles. The predicted octanol–water partition coefficient (Wildman–Crippen LogP) is 1.34. The SMILES string of the molecule is CCOC1=CCC(N)(CC(C)O)C=C1. The molecular weight excluding hydrogens is 178 g/mol. The van der Waals surface area contributed by atoms with Crippen molar-refractivity contribution >= 4 is 0 Å². The van der Waals surface area contributed by atoms with Gasteiger partial charge < -0.3 is 15.6 Å². The molecular formula is C11H19NO2. The first-order chi connectivity index (χ1) is 6.56. The van der Waals surface area contributed by atoms with Crippen molar-refractivity contribution in [2.24, 2.45) is 5.73 Å². The van der Waals surface area contributed by atoms with Crippen LogP contribution in [0.5, 0.6) is 0 Å². The minimum atomic E-state index is -0.408. The maximum Gasteiger partial charge on any atom is 0.115 e. The summed E-state index contributed by atoms with van der Waals surface area (Å²) in [5.74, 6) is 0.874. The second-order valence-corrected chi connectivity index (χ2v) is 3.86. The molecule has 0 amide bonds. The number of nitrogens with two attached hydrogens (primary N) is 1. The highest BCUT2D eigenvalue weighted by molar-refractivity contribution is 5.25. The Morgan fingerprint density at radius 1 is 1.71 bits per heavy atom. The van der Waals surface area contributed by atoms with Gasteiger partial charge in [-0.25, -0.2) is 0 Å². The van der Waals surface area contributed by atoms with Crippen LogP contribution in [-0.2, 0) is 4.74 Å².